The van der Waals surface area contributed by atoms with Gasteiger partial charge >= 0.3 is 0 Å². The van der Waals surface area contributed by atoms with Crippen molar-refractivity contribution in [1.29, 1.82) is 0 Å². The molecule has 1 N–H and O–H groups in total. The van der Waals surface area contributed by atoms with Crippen LogP contribution in [0.4, 0.5) is 0 Å². The zero-order chi connectivity index (χ0) is 20.8. The third-order valence-corrected chi connectivity index (χ3v) is 6.27. The van der Waals surface area contributed by atoms with Gasteiger partial charge in [0.1, 0.15) is 11.3 Å². The Morgan fingerprint density at radius 2 is 1.81 bits per heavy atom. The number of furan rings is 1. The van der Waals surface area contributed by atoms with Crippen LogP contribution in [0.25, 0.3) is 44.6 Å². The number of aromatic nitrogens is 3. The van der Waals surface area contributed by atoms with Gasteiger partial charge in [0.2, 0.25) is 0 Å². The Hall–Kier alpha value is -3.44. The van der Waals surface area contributed by atoms with Gasteiger partial charge in [-0.3, -0.25) is 0 Å². The monoisotopic (exact) mass is 408 g/mol. The first kappa shape index (κ1) is 18.3. The van der Waals surface area contributed by atoms with Gasteiger partial charge in [0.25, 0.3) is 0 Å². The minimum Gasteiger partial charge on any atom is -0.458 e. The minimum absolute atomic E-state index is 0.353. The van der Waals surface area contributed by atoms with Crippen molar-refractivity contribution in [2.45, 2.75) is 25.8 Å². The lowest BCUT2D eigenvalue weighted by atomic mass is 10.0. The summed E-state index contributed by atoms with van der Waals surface area (Å²) in [6.45, 7) is 3.98. The number of imidazole rings is 1. The normalized spacial score (nSPS) is 15.1. The summed E-state index contributed by atoms with van der Waals surface area (Å²) in [5.74, 6) is 2.57. The van der Waals surface area contributed by atoms with Gasteiger partial charge in [-0.15, -0.1) is 0 Å². The van der Waals surface area contributed by atoms with E-state index in [0.717, 1.165) is 65.6 Å². The third-order valence-electron chi connectivity index (χ3n) is 6.27. The van der Waals surface area contributed by atoms with Gasteiger partial charge in [0.15, 0.2) is 17.2 Å². The second-order valence-corrected chi connectivity index (χ2v) is 8.29. The zero-order valence-electron chi connectivity index (χ0n) is 17.5. The van der Waals surface area contributed by atoms with E-state index in [1.54, 1.807) is 0 Å². The smallest absolute Gasteiger partial charge is 0.178 e. The first-order chi connectivity index (χ1) is 15.3. The van der Waals surface area contributed by atoms with Crippen LogP contribution in [0.15, 0.2) is 71.3 Å². The predicted octanol–water partition coefficient (Wildman–Crippen LogP) is 5.74. The molecule has 0 spiro atoms. The Labute approximate surface area is 180 Å². The first-order valence-corrected chi connectivity index (χ1v) is 10.9. The van der Waals surface area contributed by atoms with Gasteiger partial charge in [-0.25, -0.2) is 9.97 Å². The maximum atomic E-state index is 6.01. The number of rotatable bonds is 3. The fourth-order valence-corrected chi connectivity index (χ4v) is 4.72. The van der Waals surface area contributed by atoms with Gasteiger partial charge in [-0.05, 0) is 73.5 Å². The number of hydrogen-bond donors (Lipinski definition) is 1. The summed E-state index contributed by atoms with van der Waals surface area (Å²) in [5.41, 5.74) is 4.12. The summed E-state index contributed by atoms with van der Waals surface area (Å²) in [6, 6.07) is 21.5. The quantitative estimate of drug-likeness (QED) is 0.413. The molecule has 154 valence electrons. The number of aryl methyl sites for hydroxylation is 1. The highest BCUT2D eigenvalue weighted by atomic mass is 16.3. The molecule has 5 aromatic rings. The maximum Gasteiger partial charge on any atom is 0.178 e. The molecule has 0 radical (unpaired) electrons. The topological polar surface area (TPSA) is 55.9 Å². The van der Waals surface area contributed by atoms with E-state index in [4.69, 9.17) is 14.4 Å². The predicted molar refractivity (Wildman–Crippen MR) is 124 cm³/mol. The molecule has 2 aromatic carbocycles. The van der Waals surface area contributed by atoms with Crippen molar-refractivity contribution in [2.75, 3.05) is 13.1 Å². The molecule has 1 aliphatic heterocycles. The lowest BCUT2D eigenvalue weighted by Crippen LogP contribution is -2.29. The Morgan fingerprint density at radius 1 is 0.968 bits per heavy atom. The molecule has 6 rings (SSSR count). The van der Waals surface area contributed by atoms with E-state index in [-0.39, 0.29) is 0 Å². The molecule has 5 heteroatoms. The van der Waals surface area contributed by atoms with E-state index in [1.165, 1.54) is 10.8 Å². The van der Waals surface area contributed by atoms with Gasteiger partial charge < -0.3 is 14.3 Å². The van der Waals surface area contributed by atoms with Crippen LogP contribution in [0.1, 0.15) is 24.6 Å². The van der Waals surface area contributed by atoms with Crippen LogP contribution in [0.5, 0.6) is 0 Å². The summed E-state index contributed by atoms with van der Waals surface area (Å²) >= 11 is 0. The van der Waals surface area contributed by atoms with E-state index < -0.39 is 0 Å². The molecule has 0 saturated carbocycles. The minimum atomic E-state index is 0.353. The summed E-state index contributed by atoms with van der Waals surface area (Å²) < 4.78 is 8.31. The third kappa shape index (κ3) is 3.13. The maximum absolute atomic E-state index is 6.01. The lowest BCUT2D eigenvalue weighted by Gasteiger charge is -2.25. The Kier molecular flexibility index (Phi) is 4.35. The number of nitrogens with zero attached hydrogens (tertiary/aromatic N) is 3. The largest absolute Gasteiger partial charge is 0.458 e. The molecule has 0 amide bonds. The standard InChI is InChI=1S/C26H24N4O/c1-17-6-9-23(31-17)25-29-24-22(20-8-7-18-4-2-3-5-19(18)16-20)12-15-28-26(24)30(25)21-10-13-27-14-11-21/h2-9,12,15-16,21,27H,10-11,13-14H2,1H3. The first-order valence-electron chi connectivity index (χ1n) is 10.9. The number of benzene rings is 2. The van der Waals surface area contributed by atoms with Gasteiger partial charge in [-0.2, -0.15) is 0 Å². The molecule has 3 aromatic heterocycles. The zero-order valence-corrected chi connectivity index (χ0v) is 17.5. The van der Waals surface area contributed by atoms with Crippen molar-refractivity contribution in [3.63, 3.8) is 0 Å². The van der Waals surface area contributed by atoms with Crippen molar-refractivity contribution in [1.82, 2.24) is 19.9 Å². The number of fused-ring (bicyclic) bond motifs is 2. The van der Waals surface area contributed by atoms with Crippen LogP contribution in [0, 0.1) is 6.92 Å². The summed E-state index contributed by atoms with van der Waals surface area (Å²) in [6.07, 6.45) is 4.02. The molecule has 0 aliphatic carbocycles. The second kappa shape index (κ2) is 7.36. The summed E-state index contributed by atoms with van der Waals surface area (Å²) in [7, 11) is 0. The second-order valence-electron chi connectivity index (χ2n) is 8.29. The molecule has 0 bridgehead atoms. The Bertz CT molecular complexity index is 1390. The fraction of sp³-hybridized carbons (Fsp3) is 0.231. The van der Waals surface area contributed by atoms with Crippen molar-refractivity contribution >= 4 is 21.9 Å². The van der Waals surface area contributed by atoms with Crippen LogP contribution < -0.4 is 5.32 Å². The van der Waals surface area contributed by atoms with E-state index in [1.807, 2.05) is 25.3 Å². The molecule has 5 nitrogen and oxygen atoms in total. The molecule has 1 fully saturated rings. The van der Waals surface area contributed by atoms with Crippen molar-refractivity contribution in [3.8, 4) is 22.7 Å². The molecular weight excluding hydrogens is 384 g/mol. The van der Waals surface area contributed by atoms with Crippen molar-refractivity contribution < 1.29 is 4.42 Å². The van der Waals surface area contributed by atoms with Crippen LogP contribution in [-0.4, -0.2) is 27.6 Å². The van der Waals surface area contributed by atoms with Crippen LogP contribution >= 0.6 is 0 Å². The molecule has 4 heterocycles. The molecular formula is C26H24N4O. The van der Waals surface area contributed by atoms with Gasteiger partial charge in [0.05, 0.1) is 0 Å². The number of piperidine rings is 1. The van der Waals surface area contributed by atoms with Crippen LogP contribution in [0.2, 0.25) is 0 Å². The molecule has 31 heavy (non-hydrogen) atoms. The highest BCUT2D eigenvalue weighted by molar-refractivity contribution is 5.95. The number of nitrogens with one attached hydrogen (secondary N) is 1. The molecule has 0 unspecified atom stereocenters. The van der Waals surface area contributed by atoms with E-state index >= 15 is 0 Å². The average Bonchev–Trinajstić information content (AvgIpc) is 3.42. The SMILES string of the molecule is Cc1ccc(-c2nc3c(-c4ccc5ccccc5c4)ccnc3n2C2CCNCC2)o1. The van der Waals surface area contributed by atoms with Crippen LogP contribution in [0.3, 0.4) is 0 Å². The summed E-state index contributed by atoms with van der Waals surface area (Å²) in [4.78, 5) is 9.91. The van der Waals surface area contributed by atoms with Crippen molar-refractivity contribution in [3.05, 3.63) is 72.6 Å². The number of hydrogen-bond acceptors (Lipinski definition) is 4. The van der Waals surface area contributed by atoms with E-state index in [0.29, 0.717) is 6.04 Å². The Morgan fingerprint density at radius 3 is 2.61 bits per heavy atom. The van der Waals surface area contributed by atoms with Crippen LogP contribution in [-0.2, 0) is 0 Å². The average molecular weight is 409 g/mol. The molecule has 1 saturated heterocycles. The van der Waals surface area contributed by atoms with Gasteiger partial charge in [0, 0.05) is 17.8 Å². The van der Waals surface area contributed by atoms with Crippen molar-refractivity contribution in [2.24, 2.45) is 0 Å². The lowest BCUT2D eigenvalue weighted by molar-refractivity contribution is 0.373. The van der Waals surface area contributed by atoms with Gasteiger partial charge in [-0.1, -0.05) is 36.4 Å². The Balaban J connectivity index is 1.59. The summed E-state index contributed by atoms with van der Waals surface area (Å²) in [5, 5.41) is 5.93. The fourth-order valence-electron chi connectivity index (χ4n) is 4.72. The highest BCUT2D eigenvalue weighted by Gasteiger charge is 2.25. The molecule has 1 aliphatic rings. The highest BCUT2D eigenvalue weighted by Crippen LogP contribution is 2.36. The number of pyridine rings is 1. The van der Waals surface area contributed by atoms with E-state index in [2.05, 4.69) is 58.4 Å². The van der Waals surface area contributed by atoms with E-state index in [9.17, 15) is 0 Å². The molecule has 0 atom stereocenters.